The van der Waals surface area contributed by atoms with Crippen LogP contribution in [0.25, 0.3) is 0 Å². The Hall–Kier alpha value is -1.09. The van der Waals surface area contributed by atoms with Crippen LogP contribution in [0, 0.1) is 5.82 Å². The summed E-state index contributed by atoms with van der Waals surface area (Å²) in [5, 5.41) is 3.44. The molecule has 0 unspecified atom stereocenters. The van der Waals surface area contributed by atoms with Crippen LogP contribution >= 0.6 is 0 Å². The maximum absolute atomic E-state index is 13.4. The maximum atomic E-state index is 13.4. The Bertz CT molecular complexity index is 437. The zero-order valence-electron chi connectivity index (χ0n) is 12.0. The summed E-state index contributed by atoms with van der Waals surface area (Å²) in [6.45, 7) is 0.713. The molecule has 0 spiro atoms. The number of rotatable bonds is 5. The van der Waals surface area contributed by atoms with Crippen molar-refractivity contribution in [2.75, 3.05) is 0 Å². The van der Waals surface area contributed by atoms with Crippen molar-refractivity contribution in [1.82, 2.24) is 5.32 Å². The summed E-state index contributed by atoms with van der Waals surface area (Å²) in [6.07, 6.45) is 10.2. The van der Waals surface area contributed by atoms with E-state index >= 15 is 0 Å². The molecular weight excluding hydrogens is 253 g/mol. The van der Waals surface area contributed by atoms with E-state index in [0.717, 1.165) is 24.2 Å². The van der Waals surface area contributed by atoms with E-state index in [-0.39, 0.29) is 5.82 Å². The summed E-state index contributed by atoms with van der Waals surface area (Å²) < 4.78 is 19.6. The third kappa shape index (κ3) is 3.95. The molecule has 1 aromatic rings. The summed E-state index contributed by atoms with van der Waals surface area (Å²) in [4.78, 5) is 0. The predicted octanol–water partition coefficient (Wildman–Crippen LogP) is 4.18. The second-order valence-electron chi connectivity index (χ2n) is 6.14. The van der Waals surface area contributed by atoms with E-state index in [4.69, 9.17) is 4.74 Å². The molecule has 2 nitrogen and oxygen atoms in total. The molecule has 3 heteroatoms. The molecule has 0 bridgehead atoms. The standard InChI is InChI=1S/C17H24FNO/c18-14-7-10-17(13(11-14)12-19-15-8-9-15)20-16-5-3-1-2-4-6-16/h7,10-11,15-16,19H,1-6,8-9,12H2. The molecule has 0 saturated heterocycles. The highest BCUT2D eigenvalue weighted by Gasteiger charge is 2.21. The molecule has 3 rings (SSSR count). The summed E-state index contributed by atoms with van der Waals surface area (Å²) in [5.41, 5.74) is 0.959. The zero-order valence-corrected chi connectivity index (χ0v) is 12.0. The van der Waals surface area contributed by atoms with E-state index in [9.17, 15) is 4.39 Å². The Morgan fingerprint density at radius 1 is 1.05 bits per heavy atom. The van der Waals surface area contributed by atoms with Crippen LogP contribution in [0.5, 0.6) is 5.75 Å². The van der Waals surface area contributed by atoms with Gasteiger partial charge in [-0.15, -0.1) is 0 Å². The Morgan fingerprint density at radius 3 is 2.50 bits per heavy atom. The van der Waals surface area contributed by atoms with Crippen molar-refractivity contribution in [3.05, 3.63) is 29.6 Å². The van der Waals surface area contributed by atoms with Gasteiger partial charge in [0.25, 0.3) is 0 Å². The molecule has 1 N–H and O–H groups in total. The van der Waals surface area contributed by atoms with Crippen LogP contribution in [0.3, 0.4) is 0 Å². The number of hydrogen-bond acceptors (Lipinski definition) is 2. The van der Waals surface area contributed by atoms with Crippen LogP contribution in [-0.4, -0.2) is 12.1 Å². The first-order chi connectivity index (χ1) is 9.81. The quantitative estimate of drug-likeness (QED) is 0.815. The molecule has 20 heavy (non-hydrogen) atoms. The van der Waals surface area contributed by atoms with Crippen LogP contribution in [0.2, 0.25) is 0 Å². The summed E-state index contributed by atoms with van der Waals surface area (Å²) in [6, 6.07) is 5.54. The summed E-state index contributed by atoms with van der Waals surface area (Å²) in [5.74, 6) is 0.692. The van der Waals surface area contributed by atoms with Crippen molar-refractivity contribution in [2.45, 2.75) is 70.1 Å². The average Bonchev–Trinajstić information content (AvgIpc) is 3.26. The van der Waals surface area contributed by atoms with Crippen LogP contribution < -0.4 is 10.1 Å². The molecule has 2 fully saturated rings. The van der Waals surface area contributed by atoms with Crippen LogP contribution in [0.15, 0.2) is 18.2 Å². The van der Waals surface area contributed by atoms with Crippen molar-refractivity contribution >= 4 is 0 Å². The van der Waals surface area contributed by atoms with Crippen molar-refractivity contribution < 1.29 is 9.13 Å². The fraction of sp³-hybridized carbons (Fsp3) is 0.647. The highest BCUT2D eigenvalue weighted by atomic mass is 19.1. The molecule has 1 aromatic carbocycles. The topological polar surface area (TPSA) is 21.3 Å². The summed E-state index contributed by atoms with van der Waals surface area (Å²) >= 11 is 0. The molecule has 2 saturated carbocycles. The van der Waals surface area contributed by atoms with E-state index in [2.05, 4.69) is 5.32 Å². The molecule has 2 aliphatic rings. The minimum Gasteiger partial charge on any atom is -0.490 e. The maximum Gasteiger partial charge on any atom is 0.124 e. The third-order valence-corrected chi connectivity index (χ3v) is 4.28. The lowest BCUT2D eigenvalue weighted by molar-refractivity contribution is 0.181. The molecule has 0 aliphatic heterocycles. The van der Waals surface area contributed by atoms with Crippen LogP contribution in [0.1, 0.15) is 56.9 Å². The fourth-order valence-corrected chi connectivity index (χ4v) is 2.88. The van der Waals surface area contributed by atoms with Gasteiger partial charge in [-0.3, -0.25) is 0 Å². The molecule has 0 radical (unpaired) electrons. The molecule has 110 valence electrons. The van der Waals surface area contributed by atoms with E-state index < -0.39 is 0 Å². The van der Waals surface area contributed by atoms with Crippen LogP contribution in [0.4, 0.5) is 4.39 Å². The second kappa shape index (κ2) is 6.57. The molecule has 0 atom stereocenters. The van der Waals surface area contributed by atoms with Crippen molar-refractivity contribution in [3.63, 3.8) is 0 Å². The van der Waals surface area contributed by atoms with E-state index in [1.807, 2.05) is 0 Å². The predicted molar refractivity (Wildman–Crippen MR) is 78.4 cm³/mol. The lowest BCUT2D eigenvalue weighted by Crippen LogP contribution is -2.19. The Balaban J connectivity index is 1.66. The van der Waals surface area contributed by atoms with Gasteiger partial charge in [0.2, 0.25) is 0 Å². The summed E-state index contributed by atoms with van der Waals surface area (Å²) in [7, 11) is 0. The van der Waals surface area contributed by atoms with E-state index in [1.165, 1.54) is 44.6 Å². The first kappa shape index (κ1) is 13.9. The van der Waals surface area contributed by atoms with E-state index in [1.54, 1.807) is 12.1 Å². The molecule has 0 heterocycles. The minimum absolute atomic E-state index is 0.175. The van der Waals surface area contributed by atoms with Gasteiger partial charge in [-0.1, -0.05) is 12.8 Å². The normalized spacial score (nSPS) is 20.6. The molecule has 0 aromatic heterocycles. The smallest absolute Gasteiger partial charge is 0.124 e. The lowest BCUT2D eigenvalue weighted by atomic mass is 10.1. The average molecular weight is 277 g/mol. The number of halogens is 1. The Labute approximate surface area is 120 Å². The zero-order chi connectivity index (χ0) is 13.8. The Kier molecular flexibility index (Phi) is 4.56. The van der Waals surface area contributed by atoms with Gasteiger partial charge in [0.15, 0.2) is 0 Å². The van der Waals surface area contributed by atoms with Gasteiger partial charge >= 0.3 is 0 Å². The Morgan fingerprint density at radius 2 is 1.80 bits per heavy atom. The monoisotopic (exact) mass is 277 g/mol. The lowest BCUT2D eigenvalue weighted by Gasteiger charge is -2.19. The van der Waals surface area contributed by atoms with Crippen molar-refractivity contribution in [2.24, 2.45) is 0 Å². The van der Waals surface area contributed by atoms with Crippen LogP contribution in [-0.2, 0) is 6.54 Å². The van der Waals surface area contributed by atoms with Gasteiger partial charge in [0.05, 0.1) is 6.10 Å². The van der Waals surface area contributed by atoms with Gasteiger partial charge in [-0.05, 0) is 56.7 Å². The van der Waals surface area contributed by atoms with Gasteiger partial charge in [0, 0.05) is 18.2 Å². The third-order valence-electron chi connectivity index (χ3n) is 4.28. The molecular formula is C17H24FNO. The second-order valence-corrected chi connectivity index (χ2v) is 6.14. The highest BCUT2D eigenvalue weighted by Crippen LogP contribution is 2.27. The number of ether oxygens (including phenoxy) is 1. The van der Waals surface area contributed by atoms with Gasteiger partial charge in [0.1, 0.15) is 11.6 Å². The number of benzene rings is 1. The molecule has 0 amide bonds. The first-order valence-electron chi connectivity index (χ1n) is 8.00. The van der Waals surface area contributed by atoms with Gasteiger partial charge in [-0.25, -0.2) is 4.39 Å². The van der Waals surface area contributed by atoms with Crippen molar-refractivity contribution in [3.8, 4) is 5.75 Å². The fourth-order valence-electron chi connectivity index (χ4n) is 2.88. The first-order valence-corrected chi connectivity index (χ1v) is 8.00. The minimum atomic E-state index is -0.175. The van der Waals surface area contributed by atoms with Crippen molar-refractivity contribution in [1.29, 1.82) is 0 Å². The van der Waals surface area contributed by atoms with Gasteiger partial charge in [-0.2, -0.15) is 0 Å². The molecule has 2 aliphatic carbocycles. The van der Waals surface area contributed by atoms with E-state index in [0.29, 0.717) is 18.7 Å². The highest BCUT2D eigenvalue weighted by molar-refractivity contribution is 5.34. The number of nitrogens with one attached hydrogen (secondary N) is 1. The number of hydrogen-bond donors (Lipinski definition) is 1. The SMILES string of the molecule is Fc1ccc(OC2CCCCCC2)c(CNC2CC2)c1. The van der Waals surface area contributed by atoms with Gasteiger partial charge < -0.3 is 10.1 Å². The largest absolute Gasteiger partial charge is 0.490 e.